The van der Waals surface area contributed by atoms with Crippen molar-refractivity contribution in [2.24, 2.45) is 5.92 Å². The number of carbonyl (C=O) groups is 2. The highest BCUT2D eigenvalue weighted by Crippen LogP contribution is 2.65. The van der Waals surface area contributed by atoms with E-state index in [9.17, 15) is 14.0 Å². The molecule has 0 unspecified atom stereocenters. The zero-order chi connectivity index (χ0) is 23.9. The number of hydrogen-bond donors (Lipinski definition) is 3. The molecule has 4 rings (SSSR count). The third-order valence-corrected chi connectivity index (χ3v) is 6.69. The predicted molar refractivity (Wildman–Crippen MR) is 129 cm³/mol. The first-order chi connectivity index (χ1) is 15.6. The molecule has 2 atom stereocenters. The average molecular weight is 528 g/mol. The first-order valence-corrected chi connectivity index (χ1v) is 11.1. The Morgan fingerprint density at radius 2 is 1.76 bits per heavy atom. The normalized spacial score (nSPS) is 18.5. The van der Waals surface area contributed by atoms with E-state index >= 15 is 0 Å². The lowest BCUT2D eigenvalue weighted by molar-refractivity contribution is -0.117. The van der Waals surface area contributed by atoms with Crippen LogP contribution < -0.4 is 16.4 Å². The molecule has 1 aliphatic carbocycles. The maximum absolute atomic E-state index is 13.5. The fourth-order valence-electron chi connectivity index (χ4n) is 3.48. The molecular weight excluding hydrogens is 513 g/mol. The lowest BCUT2D eigenvalue weighted by Crippen LogP contribution is -2.18. The number of nitrogen functional groups attached to an aromatic ring is 1. The SMILES string of the molecule is Nc1cccc(NC(=O)c2cc(NC(=O)[C@@H]3[C@@H](c4ccc(F)c(Cl)c4)C3(Cl)Cl)ccc2Cl)n1. The van der Waals surface area contributed by atoms with Crippen molar-refractivity contribution in [3.05, 3.63) is 81.6 Å². The lowest BCUT2D eigenvalue weighted by Gasteiger charge is -2.10. The zero-order valence-electron chi connectivity index (χ0n) is 16.6. The van der Waals surface area contributed by atoms with Crippen LogP contribution in [0.4, 0.5) is 21.7 Å². The van der Waals surface area contributed by atoms with Gasteiger partial charge in [-0.15, -0.1) is 23.2 Å². The van der Waals surface area contributed by atoms with Gasteiger partial charge in [0.25, 0.3) is 5.91 Å². The van der Waals surface area contributed by atoms with Crippen LogP contribution in [0.5, 0.6) is 0 Å². The molecule has 11 heteroatoms. The summed E-state index contributed by atoms with van der Waals surface area (Å²) in [6.45, 7) is 0. The molecule has 0 radical (unpaired) electrons. The van der Waals surface area contributed by atoms with Gasteiger partial charge in [-0.05, 0) is 48.0 Å². The molecular formula is C22H15Cl4FN4O2. The first kappa shape index (κ1) is 23.6. The Labute approximate surface area is 208 Å². The van der Waals surface area contributed by atoms with E-state index in [0.717, 1.165) is 0 Å². The van der Waals surface area contributed by atoms with Crippen LogP contribution in [-0.2, 0) is 4.79 Å². The highest BCUT2D eigenvalue weighted by atomic mass is 35.5. The highest BCUT2D eigenvalue weighted by Gasteiger charge is 2.67. The van der Waals surface area contributed by atoms with Crippen molar-refractivity contribution in [1.29, 1.82) is 0 Å². The minimum absolute atomic E-state index is 0.0919. The number of pyridine rings is 1. The van der Waals surface area contributed by atoms with Crippen molar-refractivity contribution in [2.75, 3.05) is 16.4 Å². The molecule has 33 heavy (non-hydrogen) atoms. The zero-order valence-corrected chi connectivity index (χ0v) is 19.6. The molecule has 6 nitrogen and oxygen atoms in total. The minimum atomic E-state index is -1.39. The number of amides is 2. The van der Waals surface area contributed by atoms with Crippen molar-refractivity contribution >= 4 is 75.5 Å². The summed E-state index contributed by atoms with van der Waals surface area (Å²) < 4.78 is 12.1. The summed E-state index contributed by atoms with van der Waals surface area (Å²) in [7, 11) is 0. The maximum atomic E-state index is 13.5. The quantitative estimate of drug-likeness (QED) is 0.360. The van der Waals surface area contributed by atoms with Crippen LogP contribution in [0.3, 0.4) is 0 Å². The molecule has 1 aromatic heterocycles. The number of rotatable bonds is 5. The van der Waals surface area contributed by atoms with Gasteiger partial charge >= 0.3 is 0 Å². The smallest absolute Gasteiger partial charge is 0.258 e. The van der Waals surface area contributed by atoms with Crippen LogP contribution in [0.1, 0.15) is 21.8 Å². The van der Waals surface area contributed by atoms with E-state index in [0.29, 0.717) is 11.3 Å². The van der Waals surface area contributed by atoms with Gasteiger partial charge in [0.15, 0.2) is 0 Å². The molecule has 0 saturated heterocycles. The molecule has 0 bridgehead atoms. The fraction of sp³-hybridized carbons (Fsp3) is 0.136. The summed E-state index contributed by atoms with van der Waals surface area (Å²) in [4.78, 5) is 29.5. The molecule has 1 fully saturated rings. The number of nitrogens with zero attached hydrogens (tertiary/aromatic N) is 1. The van der Waals surface area contributed by atoms with Crippen LogP contribution in [0.15, 0.2) is 54.6 Å². The Hall–Kier alpha value is -2.58. The van der Waals surface area contributed by atoms with Crippen LogP contribution in [-0.4, -0.2) is 21.1 Å². The second-order valence-corrected chi connectivity index (χ2v) is 9.65. The van der Waals surface area contributed by atoms with Crippen molar-refractivity contribution in [3.8, 4) is 0 Å². The van der Waals surface area contributed by atoms with Crippen molar-refractivity contribution < 1.29 is 14.0 Å². The number of anilines is 3. The second-order valence-electron chi connectivity index (χ2n) is 7.39. The van der Waals surface area contributed by atoms with Gasteiger partial charge < -0.3 is 16.4 Å². The third-order valence-electron chi connectivity index (χ3n) is 5.13. The number of alkyl halides is 2. The number of nitrogens with two attached hydrogens (primary N) is 1. The van der Waals surface area contributed by atoms with E-state index in [2.05, 4.69) is 15.6 Å². The summed E-state index contributed by atoms with van der Waals surface area (Å²) in [5.74, 6) is -2.50. The standard InChI is InChI=1S/C22H15Cl4FN4O2/c23-13-6-5-11(9-12(13)20(32)31-17-3-1-2-16(28)30-17)29-21(33)19-18(22(19,25)26)10-4-7-15(27)14(24)8-10/h1-9,18-19H,(H,29,33)(H3,28,30,31,32)/t18-,19+/m1/s1. The Morgan fingerprint density at radius 3 is 2.45 bits per heavy atom. The van der Waals surface area contributed by atoms with Crippen LogP contribution in [0, 0.1) is 11.7 Å². The molecule has 0 spiro atoms. The van der Waals surface area contributed by atoms with E-state index < -0.39 is 33.8 Å². The third kappa shape index (κ3) is 4.87. The lowest BCUT2D eigenvalue weighted by atomic mass is 10.1. The van der Waals surface area contributed by atoms with Gasteiger partial charge in [0, 0.05) is 11.6 Å². The van der Waals surface area contributed by atoms with Gasteiger partial charge in [-0.25, -0.2) is 9.37 Å². The van der Waals surface area contributed by atoms with E-state index in [-0.39, 0.29) is 27.2 Å². The number of hydrogen-bond acceptors (Lipinski definition) is 4. The van der Waals surface area contributed by atoms with Crippen LogP contribution in [0.25, 0.3) is 0 Å². The van der Waals surface area contributed by atoms with Gasteiger partial charge in [-0.2, -0.15) is 0 Å². The molecule has 2 amide bonds. The second kappa shape index (κ2) is 8.99. The molecule has 170 valence electrons. The fourth-order valence-corrected chi connectivity index (χ4v) is 4.70. The number of aromatic nitrogens is 1. The van der Waals surface area contributed by atoms with Gasteiger partial charge in [-0.3, -0.25) is 9.59 Å². The molecule has 0 aliphatic heterocycles. The molecule has 2 aromatic carbocycles. The molecule has 1 heterocycles. The molecule has 3 aromatic rings. The summed E-state index contributed by atoms with van der Waals surface area (Å²) in [5, 5.41) is 5.36. The summed E-state index contributed by atoms with van der Waals surface area (Å²) in [5.41, 5.74) is 6.58. The van der Waals surface area contributed by atoms with E-state index in [1.54, 1.807) is 18.2 Å². The van der Waals surface area contributed by atoms with E-state index in [4.69, 9.17) is 52.1 Å². The highest BCUT2D eigenvalue weighted by molar-refractivity contribution is 6.53. The van der Waals surface area contributed by atoms with Gasteiger partial charge in [0.1, 0.15) is 21.8 Å². The topological polar surface area (TPSA) is 97.1 Å². The maximum Gasteiger partial charge on any atom is 0.258 e. The monoisotopic (exact) mass is 526 g/mol. The Bertz CT molecular complexity index is 1270. The molecule has 4 N–H and O–H groups in total. The van der Waals surface area contributed by atoms with Crippen molar-refractivity contribution in [2.45, 2.75) is 10.3 Å². The Morgan fingerprint density at radius 1 is 1.00 bits per heavy atom. The minimum Gasteiger partial charge on any atom is -0.384 e. The van der Waals surface area contributed by atoms with E-state index in [1.807, 2.05) is 0 Å². The summed E-state index contributed by atoms with van der Waals surface area (Å²) >= 11 is 24.7. The number of carbonyl (C=O) groups excluding carboxylic acids is 2. The molecule has 1 saturated carbocycles. The average Bonchev–Trinajstić information content (AvgIpc) is 3.33. The van der Waals surface area contributed by atoms with Crippen LogP contribution >= 0.6 is 46.4 Å². The number of benzene rings is 2. The van der Waals surface area contributed by atoms with Crippen molar-refractivity contribution in [1.82, 2.24) is 4.98 Å². The first-order valence-electron chi connectivity index (χ1n) is 9.55. The summed E-state index contributed by atoms with van der Waals surface area (Å²) in [6.07, 6.45) is 0. The largest absolute Gasteiger partial charge is 0.384 e. The Balaban J connectivity index is 1.50. The number of halogens is 5. The van der Waals surface area contributed by atoms with Gasteiger partial charge in [0.2, 0.25) is 5.91 Å². The van der Waals surface area contributed by atoms with Crippen molar-refractivity contribution in [3.63, 3.8) is 0 Å². The van der Waals surface area contributed by atoms with Crippen LogP contribution in [0.2, 0.25) is 10.0 Å². The molecule has 1 aliphatic rings. The van der Waals surface area contributed by atoms with E-state index in [1.165, 1.54) is 36.4 Å². The summed E-state index contributed by atoms with van der Waals surface area (Å²) in [6, 6.07) is 13.3. The van der Waals surface area contributed by atoms with Gasteiger partial charge in [-0.1, -0.05) is 35.3 Å². The number of nitrogens with one attached hydrogen (secondary N) is 2. The van der Waals surface area contributed by atoms with Gasteiger partial charge in [0.05, 0.1) is 21.5 Å². The Kier molecular flexibility index (Phi) is 6.42. The predicted octanol–water partition coefficient (Wildman–Crippen LogP) is 5.89.